The van der Waals surface area contributed by atoms with Gasteiger partial charge in [-0.3, -0.25) is 10.1 Å². The van der Waals surface area contributed by atoms with Gasteiger partial charge in [-0.05, 0) is 12.1 Å². The van der Waals surface area contributed by atoms with E-state index >= 15 is 0 Å². The fourth-order valence-electron chi connectivity index (χ4n) is 1.53. The highest BCUT2D eigenvalue weighted by Gasteiger charge is 2.22. The molecular formula is C11H10Cl2N2O2S. The Morgan fingerprint density at radius 2 is 1.94 bits per heavy atom. The molecule has 0 atom stereocenters. The van der Waals surface area contributed by atoms with Gasteiger partial charge in [0.25, 0.3) is 5.91 Å². The monoisotopic (exact) mass is 304 g/mol. The van der Waals surface area contributed by atoms with Crippen molar-refractivity contribution in [3.8, 4) is 0 Å². The number of hydrogen-bond acceptors (Lipinski definition) is 3. The van der Waals surface area contributed by atoms with E-state index in [0.29, 0.717) is 12.4 Å². The van der Waals surface area contributed by atoms with Gasteiger partial charge in [-0.15, -0.1) is 11.8 Å². The molecule has 0 aromatic heterocycles. The van der Waals surface area contributed by atoms with Crippen LogP contribution in [0.2, 0.25) is 10.0 Å². The highest BCUT2D eigenvalue weighted by atomic mass is 35.5. The van der Waals surface area contributed by atoms with Crippen LogP contribution in [0.3, 0.4) is 0 Å². The molecule has 1 saturated heterocycles. The Morgan fingerprint density at radius 3 is 2.50 bits per heavy atom. The first-order valence-corrected chi connectivity index (χ1v) is 7.12. The summed E-state index contributed by atoms with van der Waals surface area (Å²) in [4.78, 5) is 25.2. The summed E-state index contributed by atoms with van der Waals surface area (Å²) in [5, 5.41) is 2.74. The SMILES string of the molecule is O=C(NC(=O)N1CCSC1)c1c(Cl)cccc1Cl. The molecule has 0 aliphatic carbocycles. The molecule has 1 aliphatic heterocycles. The second-order valence-corrected chi connectivity index (χ2v) is 5.55. The maximum absolute atomic E-state index is 11.9. The van der Waals surface area contributed by atoms with Gasteiger partial charge < -0.3 is 4.90 Å². The Balaban J connectivity index is 2.10. The topological polar surface area (TPSA) is 49.4 Å². The van der Waals surface area contributed by atoms with E-state index in [1.807, 2.05) is 0 Å². The first-order valence-electron chi connectivity index (χ1n) is 5.21. The number of hydrogen-bond donors (Lipinski definition) is 1. The predicted molar refractivity (Wildman–Crippen MR) is 73.4 cm³/mol. The lowest BCUT2D eigenvalue weighted by atomic mass is 10.2. The zero-order valence-electron chi connectivity index (χ0n) is 9.28. The van der Waals surface area contributed by atoms with E-state index in [1.54, 1.807) is 34.9 Å². The van der Waals surface area contributed by atoms with Crippen LogP contribution in [0.4, 0.5) is 4.79 Å². The van der Waals surface area contributed by atoms with E-state index in [2.05, 4.69) is 5.32 Å². The molecule has 1 aliphatic rings. The first-order chi connectivity index (χ1) is 8.59. The standard InChI is InChI=1S/C11H10Cl2N2O2S/c12-7-2-1-3-8(13)9(7)10(16)14-11(17)15-4-5-18-6-15/h1-3H,4-6H2,(H,14,16,17). The number of rotatable bonds is 1. The molecule has 18 heavy (non-hydrogen) atoms. The summed E-state index contributed by atoms with van der Waals surface area (Å²) in [6, 6.07) is 4.33. The maximum Gasteiger partial charge on any atom is 0.325 e. The molecule has 0 unspecified atom stereocenters. The minimum absolute atomic E-state index is 0.126. The summed E-state index contributed by atoms with van der Waals surface area (Å²) in [6.07, 6.45) is 0. The molecule has 1 aromatic rings. The molecule has 1 aromatic carbocycles. The van der Waals surface area contributed by atoms with Crippen molar-refractivity contribution in [3.05, 3.63) is 33.8 Å². The molecular weight excluding hydrogens is 295 g/mol. The van der Waals surface area contributed by atoms with E-state index in [9.17, 15) is 9.59 Å². The number of thioether (sulfide) groups is 1. The Hall–Kier alpha value is -0.910. The van der Waals surface area contributed by atoms with Crippen LogP contribution in [0.25, 0.3) is 0 Å². The van der Waals surface area contributed by atoms with Crippen LogP contribution in [0.5, 0.6) is 0 Å². The van der Waals surface area contributed by atoms with Gasteiger partial charge in [0.15, 0.2) is 0 Å². The van der Waals surface area contributed by atoms with Gasteiger partial charge in [0, 0.05) is 12.3 Å². The Labute approximate surface area is 119 Å². The summed E-state index contributed by atoms with van der Waals surface area (Å²) in [7, 11) is 0. The van der Waals surface area contributed by atoms with Crippen LogP contribution >= 0.6 is 35.0 Å². The molecule has 2 rings (SSSR count). The summed E-state index contributed by atoms with van der Waals surface area (Å²) in [6.45, 7) is 0.639. The van der Waals surface area contributed by atoms with E-state index in [4.69, 9.17) is 23.2 Å². The first kappa shape index (κ1) is 13.5. The second kappa shape index (κ2) is 5.82. The largest absolute Gasteiger partial charge is 0.325 e. The third kappa shape index (κ3) is 2.91. The maximum atomic E-state index is 11.9. The van der Waals surface area contributed by atoms with E-state index in [-0.39, 0.29) is 15.6 Å². The van der Waals surface area contributed by atoms with Gasteiger partial charge in [-0.1, -0.05) is 29.3 Å². The summed E-state index contributed by atoms with van der Waals surface area (Å²) in [5.74, 6) is 0.900. The van der Waals surface area contributed by atoms with Gasteiger partial charge in [-0.2, -0.15) is 0 Å². The average Bonchev–Trinajstić information content (AvgIpc) is 2.81. The normalized spacial score (nSPS) is 14.7. The predicted octanol–water partition coefficient (Wildman–Crippen LogP) is 2.85. The molecule has 0 radical (unpaired) electrons. The molecule has 0 bridgehead atoms. The lowest BCUT2D eigenvalue weighted by molar-refractivity contribution is 0.0955. The number of carbonyl (C=O) groups is 2. The summed E-state index contributed by atoms with van der Waals surface area (Å²) >= 11 is 13.4. The van der Waals surface area contributed by atoms with Crippen LogP contribution in [0.1, 0.15) is 10.4 Å². The number of nitrogens with zero attached hydrogens (tertiary/aromatic N) is 1. The van der Waals surface area contributed by atoms with Crippen molar-refractivity contribution in [2.24, 2.45) is 0 Å². The quantitative estimate of drug-likeness (QED) is 0.868. The molecule has 0 spiro atoms. The Morgan fingerprint density at radius 1 is 1.28 bits per heavy atom. The summed E-state index contributed by atoms with van der Waals surface area (Å²) < 4.78 is 0. The van der Waals surface area contributed by atoms with Gasteiger partial charge in [-0.25, -0.2) is 4.79 Å². The molecule has 3 amide bonds. The third-order valence-corrected chi connectivity index (χ3v) is 4.05. The number of nitrogens with one attached hydrogen (secondary N) is 1. The van der Waals surface area contributed by atoms with Gasteiger partial charge in [0.1, 0.15) is 0 Å². The molecule has 4 nitrogen and oxygen atoms in total. The molecule has 1 N–H and O–H groups in total. The van der Waals surface area contributed by atoms with Crippen LogP contribution in [0.15, 0.2) is 18.2 Å². The van der Waals surface area contributed by atoms with Gasteiger partial charge in [0.05, 0.1) is 21.5 Å². The van der Waals surface area contributed by atoms with Gasteiger partial charge >= 0.3 is 6.03 Å². The number of imide groups is 1. The van der Waals surface area contributed by atoms with E-state index in [0.717, 1.165) is 5.75 Å². The van der Waals surface area contributed by atoms with Crippen molar-refractivity contribution in [2.75, 3.05) is 18.2 Å². The summed E-state index contributed by atoms with van der Waals surface area (Å²) in [5.41, 5.74) is 0.126. The third-order valence-electron chi connectivity index (χ3n) is 2.45. The van der Waals surface area contributed by atoms with Crippen molar-refractivity contribution < 1.29 is 9.59 Å². The number of amides is 3. The Kier molecular flexibility index (Phi) is 4.37. The number of halogens is 2. The minimum Gasteiger partial charge on any atom is -0.314 e. The average molecular weight is 305 g/mol. The molecule has 0 saturated carbocycles. The van der Waals surface area contributed by atoms with Crippen molar-refractivity contribution in [2.45, 2.75) is 0 Å². The zero-order chi connectivity index (χ0) is 13.1. The van der Waals surface area contributed by atoms with Crippen molar-refractivity contribution in [1.82, 2.24) is 10.2 Å². The lowest BCUT2D eigenvalue weighted by Gasteiger charge is -2.15. The van der Waals surface area contributed by atoms with Crippen molar-refractivity contribution in [1.29, 1.82) is 0 Å². The highest BCUT2D eigenvalue weighted by Crippen LogP contribution is 2.24. The number of benzene rings is 1. The van der Waals surface area contributed by atoms with Crippen molar-refractivity contribution in [3.63, 3.8) is 0 Å². The fraction of sp³-hybridized carbons (Fsp3) is 0.273. The van der Waals surface area contributed by atoms with Gasteiger partial charge in [0.2, 0.25) is 0 Å². The van der Waals surface area contributed by atoms with E-state index in [1.165, 1.54) is 0 Å². The van der Waals surface area contributed by atoms with E-state index < -0.39 is 11.9 Å². The zero-order valence-corrected chi connectivity index (χ0v) is 11.6. The number of urea groups is 1. The molecule has 1 heterocycles. The second-order valence-electron chi connectivity index (χ2n) is 3.66. The van der Waals surface area contributed by atoms with Crippen molar-refractivity contribution >= 4 is 46.9 Å². The highest BCUT2D eigenvalue weighted by molar-refractivity contribution is 7.99. The number of carbonyl (C=O) groups excluding carboxylic acids is 2. The van der Waals surface area contributed by atoms with Crippen LogP contribution < -0.4 is 5.32 Å². The molecule has 96 valence electrons. The lowest BCUT2D eigenvalue weighted by Crippen LogP contribution is -2.41. The van der Waals surface area contributed by atoms with Crippen LogP contribution in [-0.4, -0.2) is 35.0 Å². The Bertz CT molecular complexity index is 470. The van der Waals surface area contributed by atoms with Crippen LogP contribution in [-0.2, 0) is 0 Å². The smallest absolute Gasteiger partial charge is 0.314 e. The minimum atomic E-state index is -0.576. The molecule has 1 fully saturated rings. The van der Waals surface area contributed by atoms with Crippen LogP contribution in [0, 0.1) is 0 Å². The fourth-order valence-corrected chi connectivity index (χ4v) is 3.04. The molecule has 7 heteroatoms.